The van der Waals surface area contributed by atoms with E-state index >= 15 is 0 Å². The number of hydrazine groups is 1. The molecular weight excluding hydrogens is 490 g/mol. The lowest BCUT2D eigenvalue weighted by molar-refractivity contribution is -0.155. The van der Waals surface area contributed by atoms with Gasteiger partial charge in [-0.2, -0.15) is 0 Å². The second kappa shape index (κ2) is 15.3. The van der Waals surface area contributed by atoms with E-state index in [1.54, 1.807) is 27.9 Å². The van der Waals surface area contributed by atoms with Crippen molar-refractivity contribution in [3.63, 3.8) is 0 Å². The molecule has 0 aliphatic carbocycles. The average Bonchev–Trinajstić information content (AvgIpc) is 2.82. The van der Waals surface area contributed by atoms with Crippen LogP contribution in [-0.4, -0.2) is 91.7 Å². The zero-order chi connectivity index (χ0) is 29.1. The summed E-state index contributed by atoms with van der Waals surface area (Å²) in [6.07, 6.45) is 1.16. The smallest absolute Gasteiger partial charge is 0.408 e. The van der Waals surface area contributed by atoms with E-state index in [1.807, 2.05) is 39.5 Å². The minimum atomic E-state index is -0.914. The molecule has 38 heavy (non-hydrogen) atoms. The molecule has 1 rings (SSSR count). The number of ether oxygens (including phenoxy) is 3. The molecule has 1 fully saturated rings. The van der Waals surface area contributed by atoms with Crippen molar-refractivity contribution in [3.05, 3.63) is 12.3 Å². The number of methoxy groups -OCH3 is 1. The van der Waals surface area contributed by atoms with Crippen molar-refractivity contribution in [1.82, 2.24) is 26.0 Å². The van der Waals surface area contributed by atoms with Crippen LogP contribution in [0.2, 0.25) is 0 Å². The largest absolute Gasteiger partial charge is 0.464 e. The van der Waals surface area contributed by atoms with Crippen LogP contribution in [-0.2, 0) is 23.8 Å². The van der Waals surface area contributed by atoms with Gasteiger partial charge in [0.15, 0.2) is 0 Å². The monoisotopic (exact) mass is 541 g/mol. The number of amides is 2. The molecule has 0 bridgehead atoms. The summed E-state index contributed by atoms with van der Waals surface area (Å²) in [5, 5.41) is 7.40. The third-order valence-corrected chi connectivity index (χ3v) is 5.73. The number of carbonyl (C=O) groups excluding carboxylic acids is 3. The molecular formula is C27H51N5O6. The van der Waals surface area contributed by atoms with Crippen LogP contribution >= 0.6 is 0 Å². The van der Waals surface area contributed by atoms with Crippen molar-refractivity contribution < 1.29 is 28.6 Å². The Kier molecular flexibility index (Phi) is 13.5. The summed E-state index contributed by atoms with van der Waals surface area (Å²) in [6, 6.07) is -1.55. The summed E-state index contributed by atoms with van der Waals surface area (Å²) in [4.78, 5) is 41.0. The summed E-state index contributed by atoms with van der Waals surface area (Å²) < 4.78 is 16.2. The molecule has 1 aliphatic rings. The molecule has 0 spiro atoms. The molecule has 3 N–H and O–H groups in total. The zero-order valence-electron chi connectivity index (χ0n) is 24.9. The Morgan fingerprint density at radius 2 is 1.84 bits per heavy atom. The van der Waals surface area contributed by atoms with Gasteiger partial charge in [0.1, 0.15) is 17.7 Å². The fraction of sp³-hybridized carbons (Fsp3) is 0.815. The quantitative estimate of drug-likeness (QED) is 0.239. The van der Waals surface area contributed by atoms with E-state index < -0.39 is 29.7 Å². The number of nitrogens with one attached hydrogen (secondary N) is 3. The number of hydrogen-bond acceptors (Lipinski definition) is 9. The van der Waals surface area contributed by atoms with E-state index in [1.165, 1.54) is 5.01 Å². The van der Waals surface area contributed by atoms with Gasteiger partial charge in [-0.3, -0.25) is 19.5 Å². The summed E-state index contributed by atoms with van der Waals surface area (Å²) in [6.45, 7) is 21.2. The number of rotatable bonds is 13. The maximum Gasteiger partial charge on any atom is 0.408 e. The molecule has 11 heteroatoms. The molecule has 1 heterocycles. The fourth-order valence-corrected chi connectivity index (χ4v) is 3.64. The average molecular weight is 542 g/mol. The van der Waals surface area contributed by atoms with Crippen LogP contribution in [0.3, 0.4) is 0 Å². The lowest BCUT2D eigenvalue weighted by atomic mass is 9.98. The molecule has 2 amide bonds. The Morgan fingerprint density at radius 3 is 2.39 bits per heavy atom. The highest BCUT2D eigenvalue weighted by atomic mass is 16.6. The molecule has 1 aliphatic heterocycles. The van der Waals surface area contributed by atoms with Crippen molar-refractivity contribution in [2.24, 2.45) is 5.41 Å². The van der Waals surface area contributed by atoms with Crippen LogP contribution in [0.1, 0.15) is 74.7 Å². The minimum absolute atomic E-state index is 0.161. The molecule has 3 atom stereocenters. The Morgan fingerprint density at radius 1 is 1.18 bits per heavy atom. The Balaban J connectivity index is 3.01. The van der Waals surface area contributed by atoms with Crippen molar-refractivity contribution in [3.8, 4) is 0 Å². The van der Waals surface area contributed by atoms with Crippen LogP contribution < -0.4 is 16.1 Å². The summed E-state index contributed by atoms with van der Waals surface area (Å²) >= 11 is 0. The number of nitrogens with zero attached hydrogens (tertiary/aromatic N) is 2. The van der Waals surface area contributed by atoms with Gasteiger partial charge in [0, 0.05) is 25.9 Å². The number of esters is 1. The Labute approximate surface area is 228 Å². The zero-order valence-corrected chi connectivity index (χ0v) is 24.9. The highest BCUT2D eigenvalue weighted by Crippen LogP contribution is 2.16. The van der Waals surface area contributed by atoms with Crippen molar-refractivity contribution >= 4 is 18.0 Å². The minimum Gasteiger partial charge on any atom is -0.464 e. The first-order chi connectivity index (χ1) is 17.6. The second-order valence-corrected chi connectivity index (χ2v) is 12.0. The highest BCUT2D eigenvalue weighted by molar-refractivity contribution is 5.86. The molecule has 0 saturated carbocycles. The van der Waals surface area contributed by atoms with E-state index in [9.17, 15) is 14.4 Å². The topological polar surface area (TPSA) is 121 Å². The van der Waals surface area contributed by atoms with Crippen LogP contribution in [0.5, 0.6) is 0 Å². The number of alkyl carbamates (subject to hydrolysis) is 1. The third kappa shape index (κ3) is 12.9. The van der Waals surface area contributed by atoms with Crippen LogP contribution in [0.4, 0.5) is 4.79 Å². The van der Waals surface area contributed by atoms with E-state index in [4.69, 9.17) is 14.2 Å². The molecule has 0 aromatic rings. The summed E-state index contributed by atoms with van der Waals surface area (Å²) in [7, 11) is 1.61. The lowest BCUT2D eigenvalue weighted by Gasteiger charge is -2.36. The fourth-order valence-electron chi connectivity index (χ4n) is 3.64. The highest BCUT2D eigenvalue weighted by Gasteiger charge is 2.35. The SMILES string of the molecule is C=C(NCN(CCC)C[C@H](NC(=O)OC(C)(C)C)C(=O)N1CCC[C@@H](C(=O)OCC(C)(C)C)N1)[C@H](C)OC. The lowest BCUT2D eigenvalue weighted by Crippen LogP contribution is -2.62. The molecule has 220 valence electrons. The van der Waals surface area contributed by atoms with Crippen LogP contribution in [0.15, 0.2) is 12.3 Å². The van der Waals surface area contributed by atoms with Gasteiger partial charge in [-0.1, -0.05) is 34.3 Å². The first-order valence-corrected chi connectivity index (χ1v) is 13.5. The second-order valence-electron chi connectivity index (χ2n) is 12.0. The standard InChI is InChI=1S/C27H51N5O6/c1-11-14-31(18-28-19(2)20(3)36-10)16-22(29-25(35)38-27(7,8)9)23(33)32-15-12-13-21(30-32)24(34)37-17-26(4,5)6/h20-22,28,30H,2,11-18H2,1,3-10H3,(H,29,35)/t20-,21-,22-/m0/s1. The molecule has 0 aromatic carbocycles. The predicted octanol–water partition coefficient (Wildman–Crippen LogP) is 2.77. The van der Waals surface area contributed by atoms with E-state index in [0.29, 0.717) is 38.3 Å². The first kappa shape index (κ1) is 33.7. The normalized spacial score (nSPS) is 17.9. The number of hydrogen-bond donors (Lipinski definition) is 3. The van der Waals surface area contributed by atoms with Gasteiger partial charge in [0.2, 0.25) is 0 Å². The van der Waals surface area contributed by atoms with Crippen LogP contribution in [0, 0.1) is 5.41 Å². The molecule has 11 nitrogen and oxygen atoms in total. The Bertz CT molecular complexity index is 792. The maximum atomic E-state index is 13.7. The Hall–Kier alpha value is -2.37. The van der Waals surface area contributed by atoms with Gasteiger partial charge in [0.25, 0.3) is 5.91 Å². The van der Waals surface area contributed by atoms with Gasteiger partial charge >= 0.3 is 12.1 Å². The van der Waals surface area contributed by atoms with Crippen molar-refractivity contribution in [2.45, 2.75) is 98.4 Å². The maximum absolute atomic E-state index is 13.7. The predicted molar refractivity (Wildman–Crippen MR) is 147 cm³/mol. The molecule has 1 saturated heterocycles. The molecule has 0 radical (unpaired) electrons. The van der Waals surface area contributed by atoms with Gasteiger partial charge in [0.05, 0.1) is 19.4 Å². The van der Waals surface area contributed by atoms with E-state index in [-0.39, 0.29) is 30.6 Å². The van der Waals surface area contributed by atoms with Gasteiger partial charge in [-0.15, -0.1) is 0 Å². The first-order valence-electron chi connectivity index (χ1n) is 13.5. The summed E-state index contributed by atoms with van der Waals surface area (Å²) in [5.41, 5.74) is 2.85. The molecule has 0 unspecified atom stereocenters. The van der Waals surface area contributed by atoms with E-state index in [2.05, 4.69) is 22.6 Å². The third-order valence-electron chi connectivity index (χ3n) is 5.73. The molecule has 0 aromatic heterocycles. The van der Waals surface area contributed by atoms with Crippen molar-refractivity contribution in [2.75, 3.05) is 40.0 Å². The van der Waals surface area contributed by atoms with Crippen molar-refractivity contribution in [1.29, 1.82) is 0 Å². The van der Waals surface area contributed by atoms with E-state index in [0.717, 1.165) is 6.42 Å². The summed E-state index contributed by atoms with van der Waals surface area (Å²) in [5.74, 6) is -0.744. The number of carbonyl (C=O) groups is 3. The van der Waals surface area contributed by atoms with Crippen LogP contribution in [0.25, 0.3) is 0 Å². The van der Waals surface area contributed by atoms with Gasteiger partial charge < -0.3 is 24.8 Å². The van der Waals surface area contributed by atoms with Gasteiger partial charge in [-0.05, 0) is 58.9 Å². The van der Waals surface area contributed by atoms with Gasteiger partial charge in [-0.25, -0.2) is 10.2 Å².